The predicted octanol–water partition coefficient (Wildman–Crippen LogP) is 1.37. The number of rotatable bonds is 6. The molecular formula is C20H30N6O3S. The van der Waals surface area contributed by atoms with Crippen molar-refractivity contribution in [3.63, 3.8) is 0 Å². The van der Waals surface area contributed by atoms with E-state index in [0.29, 0.717) is 31.9 Å². The fraction of sp³-hybridized carbons (Fsp3) is 0.600. The Balaban J connectivity index is 1.66. The summed E-state index contributed by atoms with van der Waals surface area (Å²) in [6.07, 6.45) is 1.47. The molecule has 3 rings (SSSR count). The van der Waals surface area contributed by atoms with Gasteiger partial charge in [-0.05, 0) is 53.5 Å². The lowest BCUT2D eigenvalue weighted by Gasteiger charge is -2.31. The van der Waals surface area contributed by atoms with Gasteiger partial charge in [-0.15, -0.1) is 0 Å². The smallest absolute Gasteiger partial charge is 0.251 e. The van der Waals surface area contributed by atoms with Crippen LogP contribution in [0.4, 0.5) is 0 Å². The zero-order chi connectivity index (χ0) is 22.1. The van der Waals surface area contributed by atoms with E-state index in [-0.39, 0.29) is 24.1 Å². The summed E-state index contributed by atoms with van der Waals surface area (Å²) in [7, 11) is -3.17. The maximum absolute atomic E-state index is 12.7. The minimum atomic E-state index is -3.17. The number of piperidine rings is 1. The standard InChI is InChI=1S/C20H30N6O3S/c1-6-30(28,29)25-9-7-17(8-10-25)23-19(27)12-18-15(4)24-26(16(18)5)20-21-13(2)11-14(3)22-20/h11,17H,6-10,12H2,1-5H3,(H,23,27). The van der Waals surface area contributed by atoms with Crippen LogP contribution < -0.4 is 5.32 Å². The molecule has 10 heteroatoms. The van der Waals surface area contributed by atoms with Crippen molar-refractivity contribution in [1.29, 1.82) is 0 Å². The van der Waals surface area contributed by atoms with Crippen LogP contribution in [0.5, 0.6) is 0 Å². The summed E-state index contributed by atoms with van der Waals surface area (Å²) >= 11 is 0. The summed E-state index contributed by atoms with van der Waals surface area (Å²) in [4.78, 5) is 21.6. The fourth-order valence-electron chi connectivity index (χ4n) is 3.83. The van der Waals surface area contributed by atoms with E-state index in [1.165, 1.54) is 4.31 Å². The third-order valence-corrected chi connectivity index (χ3v) is 7.40. The number of carbonyl (C=O) groups excluding carboxylic acids is 1. The highest BCUT2D eigenvalue weighted by Crippen LogP contribution is 2.18. The second-order valence-corrected chi connectivity index (χ2v) is 10.1. The van der Waals surface area contributed by atoms with Crippen molar-refractivity contribution in [3.8, 4) is 5.95 Å². The van der Waals surface area contributed by atoms with Crippen molar-refractivity contribution in [2.45, 2.75) is 59.9 Å². The average Bonchev–Trinajstić information content (AvgIpc) is 2.96. The van der Waals surface area contributed by atoms with Gasteiger partial charge in [0.15, 0.2) is 0 Å². The van der Waals surface area contributed by atoms with Crippen LogP contribution in [0.3, 0.4) is 0 Å². The van der Waals surface area contributed by atoms with Gasteiger partial charge in [-0.2, -0.15) is 5.10 Å². The molecule has 1 saturated heterocycles. The molecule has 0 radical (unpaired) electrons. The van der Waals surface area contributed by atoms with Gasteiger partial charge in [0.2, 0.25) is 15.9 Å². The van der Waals surface area contributed by atoms with E-state index in [2.05, 4.69) is 20.4 Å². The molecule has 0 aliphatic carbocycles. The van der Waals surface area contributed by atoms with Gasteiger partial charge < -0.3 is 5.32 Å². The van der Waals surface area contributed by atoms with Crippen molar-refractivity contribution in [1.82, 2.24) is 29.4 Å². The maximum Gasteiger partial charge on any atom is 0.251 e. The molecule has 1 N–H and O–H groups in total. The first-order valence-corrected chi connectivity index (χ1v) is 11.9. The predicted molar refractivity (Wildman–Crippen MR) is 114 cm³/mol. The molecule has 164 valence electrons. The van der Waals surface area contributed by atoms with E-state index >= 15 is 0 Å². The number of aryl methyl sites for hydroxylation is 3. The molecule has 0 atom stereocenters. The molecule has 0 spiro atoms. The molecule has 0 bridgehead atoms. The third kappa shape index (κ3) is 4.86. The first-order valence-electron chi connectivity index (χ1n) is 10.3. The molecule has 2 aromatic heterocycles. The van der Waals surface area contributed by atoms with Crippen molar-refractivity contribution in [3.05, 3.63) is 34.4 Å². The Bertz CT molecular complexity index is 1020. The summed E-state index contributed by atoms with van der Waals surface area (Å²) in [6.45, 7) is 10.2. The Morgan fingerprint density at radius 2 is 1.73 bits per heavy atom. The second-order valence-electron chi connectivity index (χ2n) is 7.83. The number of aromatic nitrogens is 4. The molecule has 0 saturated carbocycles. The average molecular weight is 435 g/mol. The van der Waals surface area contributed by atoms with E-state index < -0.39 is 10.0 Å². The highest BCUT2D eigenvalue weighted by molar-refractivity contribution is 7.89. The zero-order valence-electron chi connectivity index (χ0n) is 18.3. The molecule has 0 aromatic carbocycles. The first-order chi connectivity index (χ1) is 14.1. The number of hydrogen-bond donors (Lipinski definition) is 1. The lowest BCUT2D eigenvalue weighted by molar-refractivity contribution is -0.121. The monoisotopic (exact) mass is 434 g/mol. The normalized spacial score (nSPS) is 16.0. The van der Waals surface area contributed by atoms with Crippen LogP contribution >= 0.6 is 0 Å². The quantitative estimate of drug-likeness (QED) is 0.735. The van der Waals surface area contributed by atoms with Gasteiger partial charge in [0.25, 0.3) is 5.95 Å². The van der Waals surface area contributed by atoms with Crippen LogP contribution in [0.1, 0.15) is 48.1 Å². The topological polar surface area (TPSA) is 110 Å². The summed E-state index contributed by atoms with van der Waals surface area (Å²) < 4.78 is 27.2. The Kier molecular flexibility index (Phi) is 6.56. The summed E-state index contributed by atoms with van der Waals surface area (Å²) in [5.41, 5.74) is 4.20. The maximum atomic E-state index is 12.7. The second kappa shape index (κ2) is 8.81. The van der Waals surface area contributed by atoms with E-state index in [1.54, 1.807) is 11.6 Å². The van der Waals surface area contributed by atoms with Gasteiger partial charge >= 0.3 is 0 Å². The van der Waals surface area contributed by atoms with Crippen molar-refractivity contribution >= 4 is 15.9 Å². The van der Waals surface area contributed by atoms with Crippen LogP contribution in [-0.2, 0) is 21.2 Å². The molecule has 3 heterocycles. The summed E-state index contributed by atoms with van der Waals surface area (Å²) in [5.74, 6) is 0.527. The van der Waals surface area contributed by atoms with Crippen molar-refractivity contribution in [2.24, 2.45) is 0 Å². The molecule has 0 unspecified atom stereocenters. The van der Waals surface area contributed by atoms with E-state index in [1.807, 2.05) is 33.8 Å². The van der Waals surface area contributed by atoms with Crippen LogP contribution in [0.15, 0.2) is 6.07 Å². The SMILES string of the molecule is CCS(=O)(=O)N1CCC(NC(=O)Cc2c(C)nn(-c3nc(C)cc(C)n3)c2C)CC1. The third-order valence-electron chi connectivity index (χ3n) is 5.52. The Labute approximate surface area is 178 Å². The lowest BCUT2D eigenvalue weighted by atomic mass is 10.1. The molecule has 1 fully saturated rings. The van der Waals surface area contributed by atoms with E-state index in [0.717, 1.165) is 28.3 Å². The van der Waals surface area contributed by atoms with Crippen LogP contribution in [-0.4, -0.2) is 63.3 Å². The summed E-state index contributed by atoms with van der Waals surface area (Å²) in [5, 5.41) is 7.60. The molecule has 2 aromatic rings. The van der Waals surface area contributed by atoms with Gasteiger partial charge in [-0.3, -0.25) is 4.79 Å². The Morgan fingerprint density at radius 1 is 1.13 bits per heavy atom. The molecule has 1 amide bonds. The van der Waals surface area contributed by atoms with E-state index in [4.69, 9.17) is 0 Å². The van der Waals surface area contributed by atoms with Crippen molar-refractivity contribution in [2.75, 3.05) is 18.8 Å². The number of nitrogens with one attached hydrogen (secondary N) is 1. The van der Waals surface area contributed by atoms with Gasteiger partial charge in [-0.25, -0.2) is 27.4 Å². The molecular weight excluding hydrogens is 404 g/mol. The number of hydrogen-bond acceptors (Lipinski definition) is 6. The molecule has 30 heavy (non-hydrogen) atoms. The zero-order valence-corrected chi connectivity index (χ0v) is 19.1. The Hall–Kier alpha value is -2.33. The Morgan fingerprint density at radius 3 is 2.30 bits per heavy atom. The van der Waals surface area contributed by atoms with Crippen LogP contribution in [0.2, 0.25) is 0 Å². The highest BCUT2D eigenvalue weighted by atomic mass is 32.2. The molecule has 9 nitrogen and oxygen atoms in total. The van der Waals surface area contributed by atoms with E-state index in [9.17, 15) is 13.2 Å². The largest absolute Gasteiger partial charge is 0.353 e. The number of nitrogens with zero attached hydrogens (tertiary/aromatic N) is 5. The lowest BCUT2D eigenvalue weighted by Crippen LogP contribution is -2.47. The molecule has 1 aliphatic heterocycles. The highest BCUT2D eigenvalue weighted by Gasteiger charge is 2.28. The van der Waals surface area contributed by atoms with Gasteiger partial charge in [0, 0.05) is 41.8 Å². The van der Waals surface area contributed by atoms with Crippen LogP contribution in [0, 0.1) is 27.7 Å². The van der Waals surface area contributed by atoms with Crippen molar-refractivity contribution < 1.29 is 13.2 Å². The minimum Gasteiger partial charge on any atom is -0.353 e. The van der Waals surface area contributed by atoms with Crippen LogP contribution in [0.25, 0.3) is 5.95 Å². The summed E-state index contributed by atoms with van der Waals surface area (Å²) in [6, 6.07) is 1.89. The number of sulfonamides is 1. The number of amides is 1. The molecule has 1 aliphatic rings. The van der Waals surface area contributed by atoms with Gasteiger partial charge in [0.1, 0.15) is 0 Å². The number of carbonyl (C=O) groups is 1. The first kappa shape index (κ1) is 22.4. The fourth-order valence-corrected chi connectivity index (χ4v) is 4.96. The minimum absolute atomic E-state index is 0.0146. The van der Waals surface area contributed by atoms with Gasteiger partial charge in [-0.1, -0.05) is 0 Å². The van der Waals surface area contributed by atoms with Gasteiger partial charge in [0.05, 0.1) is 17.9 Å².